The molecule has 3 N–H and O–H groups in total. The maximum absolute atomic E-state index is 12.9. The van der Waals surface area contributed by atoms with Crippen LogP contribution >= 0.6 is 15.6 Å². The average Bonchev–Trinajstić information content (AvgIpc) is 3.42. The molecule has 0 radical (unpaired) electrons. The number of aliphatic hydroxyl groups excluding tert-OH is 1. The molecule has 0 heterocycles. The first-order valence-electron chi connectivity index (χ1n) is 31.8. The molecule has 0 amide bonds. The van der Waals surface area contributed by atoms with Gasteiger partial charge in [0.05, 0.1) is 26.4 Å². The highest BCUT2D eigenvalue weighted by Crippen LogP contribution is 2.45. The first-order chi connectivity index (χ1) is 38.2. The van der Waals surface area contributed by atoms with Crippen LogP contribution in [0.1, 0.15) is 304 Å². The quantitative estimate of drug-likeness (QED) is 0.0222. The topological polar surface area (TPSA) is 237 Å². The van der Waals surface area contributed by atoms with Gasteiger partial charge in [-0.2, -0.15) is 0 Å². The highest BCUT2D eigenvalue weighted by molar-refractivity contribution is 7.47. The van der Waals surface area contributed by atoms with Crippen molar-refractivity contribution in [3.05, 3.63) is 0 Å². The molecule has 79 heavy (non-hydrogen) atoms. The van der Waals surface area contributed by atoms with Gasteiger partial charge in [0.2, 0.25) is 0 Å². The summed E-state index contributed by atoms with van der Waals surface area (Å²) in [5, 5.41) is 10.5. The van der Waals surface area contributed by atoms with Crippen molar-refractivity contribution < 1.29 is 80.2 Å². The number of phosphoric ester groups is 2. The summed E-state index contributed by atoms with van der Waals surface area (Å²) in [5.74, 6) is -2.15. The van der Waals surface area contributed by atoms with Gasteiger partial charge in [0, 0.05) is 25.7 Å². The molecule has 0 aromatic rings. The molecule has 0 saturated heterocycles. The standard InChI is InChI=1S/C60H116O17P2/c1-5-9-13-17-20-23-26-27-28-29-32-35-39-43-47-60(65)77-56(51-71-58(63)45-41-37-33-30-24-21-18-14-10-6-2)53-75-79(68,69)73-49-54(61)48-72-78(66,67)74-52-55(50-70-57(62)44-40-36-16-12-8-4)76-59(64)46-42-38-34-31-25-22-19-15-11-7-3/h54-56,61H,5-53H2,1-4H3,(H,66,67)(H,68,69)/t54-,55+,56+/m0/s1. The number of esters is 4. The summed E-state index contributed by atoms with van der Waals surface area (Å²) in [6, 6.07) is 0. The Kier molecular flexibility index (Phi) is 53.9. The summed E-state index contributed by atoms with van der Waals surface area (Å²) < 4.78 is 67.6. The molecule has 0 saturated carbocycles. The zero-order chi connectivity index (χ0) is 58.3. The van der Waals surface area contributed by atoms with E-state index in [2.05, 4.69) is 27.7 Å². The van der Waals surface area contributed by atoms with Crippen molar-refractivity contribution in [2.24, 2.45) is 0 Å². The molecule has 0 spiro atoms. The van der Waals surface area contributed by atoms with Crippen molar-refractivity contribution in [3.63, 3.8) is 0 Å². The third-order valence-corrected chi connectivity index (χ3v) is 15.8. The van der Waals surface area contributed by atoms with Gasteiger partial charge in [-0.1, -0.05) is 252 Å². The minimum absolute atomic E-state index is 0.106. The Morgan fingerprint density at radius 1 is 0.304 bits per heavy atom. The van der Waals surface area contributed by atoms with E-state index in [-0.39, 0.29) is 25.7 Å². The van der Waals surface area contributed by atoms with Crippen LogP contribution in [0.4, 0.5) is 0 Å². The van der Waals surface area contributed by atoms with Crippen molar-refractivity contribution in [1.29, 1.82) is 0 Å². The number of ether oxygens (including phenoxy) is 4. The minimum atomic E-state index is -4.94. The molecular weight excluding hydrogens is 1050 g/mol. The Hall–Kier alpha value is -1.94. The Balaban J connectivity index is 5.17. The Bertz CT molecular complexity index is 1540. The van der Waals surface area contributed by atoms with Gasteiger partial charge in [-0.15, -0.1) is 0 Å². The summed E-state index contributed by atoms with van der Waals surface area (Å²) in [6.07, 6.45) is 39.2. The normalized spacial score (nSPS) is 14.3. The van der Waals surface area contributed by atoms with Crippen molar-refractivity contribution >= 4 is 39.5 Å². The first kappa shape index (κ1) is 77.1. The van der Waals surface area contributed by atoms with Gasteiger partial charge in [-0.25, -0.2) is 9.13 Å². The van der Waals surface area contributed by atoms with E-state index in [1.165, 1.54) is 128 Å². The van der Waals surface area contributed by atoms with Gasteiger partial charge in [0.15, 0.2) is 12.2 Å². The molecule has 19 heteroatoms. The van der Waals surface area contributed by atoms with E-state index in [1.807, 2.05) is 0 Å². The summed E-state index contributed by atoms with van der Waals surface area (Å²) in [6.45, 7) is 4.77. The summed E-state index contributed by atoms with van der Waals surface area (Å²) in [7, 11) is -9.87. The molecule has 0 fully saturated rings. The first-order valence-corrected chi connectivity index (χ1v) is 34.8. The van der Waals surface area contributed by atoms with Crippen molar-refractivity contribution in [1.82, 2.24) is 0 Å². The molecule has 468 valence electrons. The molecule has 0 bridgehead atoms. The van der Waals surface area contributed by atoms with Crippen molar-refractivity contribution in [2.75, 3.05) is 39.6 Å². The summed E-state index contributed by atoms with van der Waals surface area (Å²) >= 11 is 0. The van der Waals surface area contributed by atoms with Crippen LogP contribution in [0.25, 0.3) is 0 Å². The fourth-order valence-corrected chi connectivity index (χ4v) is 10.5. The summed E-state index contributed by atoms with van der Waals surface area (Å²) in [5.41, 5.74) is 0. The van der Waals surface area contributed by atoms with Gasteiger partial charge < -0.3 is 33.8 Å². The highest BCUT2D eigenvalue weighted by atomic mass is 31.2. The number of phosphoric acid groups is 2. The number of hydrogen-bond donors (Lipinski definition) is 3. The number of carbonyl (C=O) groups excluding carboxylic acids is 4. The van der Waals surface area contributed by atoms with Crippen LogP contribution in [-0.2, 0) is 65.4 Å². The highest BCUT2D eigenvalue weighted by Gasteiger charge is 2.30. The van der Waals surface area contributed by atoms with Gasteiger partial charge in [-0.3, -0.25) is 37.3 Å². The van der Waals surface area contributed by atoms with Crippen LogP contribution in [0.15, 0.2) is 0 Å². The third-order valence-electron chi connectivity index (χ3n) is 13.9. The van der Waals surface area contributed by atoms with E-state index in [9.17, 15) is 43.2 Å². The lowest BCUT2D eigenvalue weighted by Gasteiger charge is -2.21. The molecule has 0 aliphatic heterocycles. The van der Waals surface area contributed by atoms with Gasteiger partial charge in [0.1, 0.15) is 19.3 Å². The van der Waals surface area contributed by atoms with E-state index in [1.54, 1.807) is 0 Å². The zero-order valence-electron chi connectivity index (χ0n) is 50.3. The number of hydrogen-bond acceptors (Lipinski definition) is 15. The number of carbonyl (C=O) groups is 4. The van der Waals surface area contributed by atoms with Crippen LogP contribution in [0.5, 0.6) is 0 Å². The lowest BCUT2D eigenvalue weighted by molar-refractivity contribution is -0.161. The SMILES string of the molecule is CCCCCCCCCCCCCCCCC(=O)O[C@H](COC(=O)CCCCCCCCCCCC)COP(=O)(O)OC[C@@H](O)COP(=O)(O)OC[C@@H](COC(=O)CCCCCCC)OC(=O)CCCCCCCCCCCC. The Morgan fingerprint density at radius 2 is 0.506 bits per heavy atom. The fraction of sp³-hybridized carbons (Fsp3) is 0.933. The number of aliphatic hydroxyl groups is 1. The van der Waals surface area contributed by atoms with E-state index in [0.29, 0.717) is 25.7 Å². The monoisotopic (exact) mass is 1170 g/mol. The molecule has 0 aliphatic carbocycles. The molecule has 0 aromatic heterocycles. The predicted molar refractivity (Wildman–Crippen MR) is 312 cm³/mol. The largest absolute Gasteiger partial charge is 0.472 e. The smallest absolute Gasteiger partial charge is 0.462 e. The second kappa shape index (κ2) is 55.3. The Morgan fingerprint density at radius 3 is 0.747 bits per heavy atom. The van der Waals surface area contributed by atoms with Gasteiger partial charge in [0.25, 0.3) is 0 Å². The van der Waals surface area contributed by atoms with Crippen LogP contribution in [0.3, 0.4) is 0 Å². The average molecular weight is 1170 g/mol. The van der Waals surface area contributed by atoms with E-state index in [0.717, 1.165) is 96.3 Å². The lowest BCUT2D eigenvalue weighted by atomic mass is 10.0. The van der Waals surface area contributed by atoms with Crippen LogP contribution in [0, 0.1) is 0 Å². The maximum atomic E-state index is 12.9. The van der Waals surface area contributed by atoms with Crippen LogP contribution in [-0.4, -0.2) is 96.7 Å². The van der Waals surface area contributed by atoms with E-state index < -0.39 is 97.5 Å². The van der Waals surface area contributed by atoms with Crippen molar-refractivity contribution in [2.45, 2.75) is 322 Å². The van der Waals surface area contributed by atoms with E-state index >= 15 is 0 Å². The maximum Gasteiger partial charge on any atom is 0.472 e. The van der Waals surface area contributed by atoms with Crippen molar-refractivity contribution in [3.8, 4) is 0 Å². The molecule has 0 aromatic carbocycles. The molecular formula is C60H116O17P2. The molecule has 0 rings (SSSR count). The second-order valence-electron chi connectivity index (χ2n) is 21.7. The van der Waals surface area contributed by atoms with Crippen LogP contribution in [0.2, 0.25) is 0 Å². The summed E-state index contributed by atoms with van der Waals surface area (Å²) in [4.78, 5) is 71.7. The third kappa shape index (κ3) is 55.0. The number of unbranched alkanes of at least 4 members (excludes halogenated alkanes) is 35. The van der Waals surface area contributed by atoms with Gasteiger partial charge >= 0.3 is 39.5 Å². The molecule has 5 atom stereocenters. The minimum Gasteiger partial charge on any atom is -0.462 e. The second-order valence-corrected chi connectivity index (χ2v) is 24.6. The number of rotatable bonds is 61. The van der Waals surface area contributed by atoms with E-state index in [4.69, 9.17) is 37.0 Å². The molecule has 0 aliphatic rings. The fourth-order valence-electron chi connectivity index (χ4n) is 8.93. The molecule has 2 unspecified atom stereocenters. The Labute approximate surface area is 479 Å². The molecule has 17 nitrogen and oxygen atoms in total. The van der Waals surface area contributed by atoms with Gasteiger partial charge in [-0.05, 0) is 25.7 Å². The zero-order valence-corrected chi connectivity index (χ0v) is 52.1. The van der Waals surface area contributed by atoms with Crippen LogP contribution < -0.4 is 0 Å². The lowest BCUT2D eigenvalue weighted by Crippen LogP contribution is -2.30. The predicted octanol–water partition coefficient (Wildman–Crippen LogP) is 16.4.